The fourth-order valence-corrected chi connectivity index (χ4v) is 3.46. The Kier molecular flexibility index (Phi) is 5.83. The maximum atomic E-state index is 13.1. The summed E-state index contributed by atoms with van der Waals surface area (Å²) < 4.78 is 1.88. The molecule has 6 heteroatoms. The quantitative estimate of drug-likeness (QED) is 0.321. The molecule has 4 nitrogen and oxygen atoms in total. The molecule has 142 valence electrons. The highest BCUT2D eigenvalue weighted by Crippen LogP contribution is 2.23. The van der Waals surface area contributed by atoms with Crippen molar-refractivity contribution < 1.29 is 4.79 Å². The molecule has 0 N–H and O–H groups in total. The van der Waals surface area contributed by atoms with E-state index >= 15 is 0 Å². The van der Waals surface area contributed by atoms with Gasteiger partial charge in [-0.15, -0.1) is 0 Å². The molecule has 0 bridgehead atoms. The van der Waals surface area contributed by atoms with Crippen LogP contribution in [0.3, 0.4) is 0 Å². The van der Waals surface area contributed by atoms with Crippen LogP contribution in [0.1, 0.15) is 16.7 Å². The van der Waals surface area contributed by atoms with Gasteiger partial charge in [0.1, 0.15) is 5.70 Å². The van der Waals surface area contributed by atoms with Gasteiger partial charge in [0.2, 0.25) is 0 Å². The van der Waals surface area contributed by atoms with Crippen LogP contribution in [0.2, 0.25) is 0 Å². The van der Waals surface area contributed by atoms with Gasteiger partial charge in [-0.1, -0.05) is 92.5 Å². The monoisotopic (exact) mass is 507 g/mol. The molecule has 1 amide bonds. The molecule has 0 fully saturated rings. The van der Waals surface area contributed by atoms with Crippen molar-refractivity contribution in [2.24, 2.45) is 10.1 Å². The minimum atomic E-state index is -0.268. The topological polar surface area (TPSA) is 45.0 Å². The van der Waals surface area contributed by atoms with Crippen molar-refractivity contribution in [1.82, 2.24) is 5.01 Å². The van der Waals surface area contributed by atoms with Gasteiger partial charge in [0.25, 0.3) is 5.91 Å². The molecule has 1 aliphatic rings. The summed E-state index contributed by atoms with van der Waals surface area (Å²) in [6.45, 7) is 0. The number of aliphatic imine (C=N–C) groups is 1. The molecule has 3 aromatic rings. The average molecular weight is 509 g/mol. The molecular weight excluding hydrogens is 494 g/mol. The van der Waals surface area contributed by atoms with Crippen LogP contribution in [0.15, 0.2) is 104 Å². The van der Waals surface area contributed by atoms with Gasteiger partial charge >= 0.3 is 0 Å². The lowest BCUT2D eigenvalue weighted by atomic mass is 10.2. The van der Waals surface area contributed by atoms with E-state index in [1.165, 1.54) is 5.01 Å². The van der Waals surface area contributed by atoms with Crippen molar-refractivity contribution in [3.05, 3.63) is 110 Å². The standard InChI is InChI=1S/C23H15Br2N3O/c24-19-12-10-16(11-13-19)14-21-23(29)28(22(27-21)17-6-2-1-3-7-17)26-15-18-8-4-5-9-20(18)25/h1-15H/b21-14-,26-15+. The zero-order chi connectivity index (χ0) is 20.2. The van der Waals surface area contributed by atoms with Crippen LogP contribution >= 0.6 is 31.9 Å². The Hall–Kier alpha value is -2.83. The van der Waals surface area contributed by atoms with Gasteiger partial charge in [-0.2, -0.15) is 10.1 Å². The molecular formula is C23H15Br2N3O. The summed E-state index contributed by atoms with van der Waals surface area (Å²) in [5.41, 5.74) is 2.93. The minimum absolute atomic E-state index is 0.268. The number of nitrogens with zero attached hydrogens (tertiary/aromatic N) is 3. The zero-order valence-corrected chi connectivity index (χ0v) is 18.3. The van der Waals surface area contributed by atoms with Crippen molar-refractivity contribution in [3.8, 4) is 0 Å². The Labute approximate surface area is 185 Å². The summed E-state index contributed by atoms with van der Waals surface area (Å²) >= 11 is 6.92. The predicted molar refractivity (Wildman–Crippen MR) is 124 cm³/mol. The number of benzene rings is 3. The third-order valence-electron chi connectivity index (χ3n) is 4.26. The van der Waals surface area contributed by atoms with E-state index in [1.54, 1.807) is 12.3 Å². The third-order valence-corrected chi connectivity index (χ3v) is 5.51. The maximum absolute atomic E-state index is 13.1. The van der Waals surface area contributed by atoms with E-state index in [0.29, 0.717) is 11.5 Å². The number of hydrogen-bond acceptors (Lipinski definition) is 3. The highest BCUT2D eigenvalue weighted by atomic mass is 79.9. The van der Waals surface area contributed by atoms with Crippen LogP contribution in [-0.2, 0) is 4.79 Å². The zero-order valence-electron chi connectivity index (χ0n) is 15.2. The Morgan fingerprint density at radius 1 is 0.862 bits per heavy atom. The first-order chi connectivity index (χ1) is 14.1. The molecule has 0 aliphatic carbocycles. The lowest BCUT2D eigenvalue weighted by Gasteiger charge is -2.12. The molecule has 0 saturated carbocycles. The van der Waals surface area contributed by atoms with Crippen LogP contribution in [0.5, 0.6) is 0 Å². The summed E-state index contributed by atoms with van der Waals surface area (Å²) in [7, 11) is 0. The molecule has 1 aliphatic heterocycles. The average Bonchev–Trinajstić information content (AvgIpc) is 3.05. The van der Waals surface area contributed by atoms with E-state index in [9.17, 15) is 4.79 Å². The number of amidine groups is 1. The highest BCUT2D eigenvalue weighted by molar-refractivity contribution is 9.10. The first-order valence-corrected chi connectivity index (χ1v) is 10.4. The molecule has 0 atom stereocenters. The van der Waals surface area contributed by atoms with Gasteiger partial charge in [-0.05, 0) is 29.8 Å². The van der Waals surface area contributed by atoms with Crippen LogP contribution in [0.25, 0.3) is 6.08 Å². The first kappa shape index (κ1) is 19.5. The highest BCUT2D eigenvalue weighted by Gasteiger charge is 2.31. The van der Waals surface area contributed by atoms with Gasteiger partial charge in [-0.3, -0.25) is 4.79 Å². The largest absolute Gasteiger partial charge is 0.298 e. The second-order valence-corrected chi connectivity index (χ2v) is 8.04. The number of halogens is 2. The van der Waals surface area contributed by atoms with Gasteiger partial charge in [0, 0.05) is 20.1 Å². The van der Waals surface area contributed by atoms with E-state index in [1.807, 2.05) is 78.9 Å². The SMILES string of the molecule is O=C1/C(=C/c2ccc(Br)cc2)N=C(c2ccccc2)N1/N=C/c1ccccc1Br. The molecule has 0 spiro atoms. The van der Waals surface area contributed by atoms with Gasteiger partial charge in [0.15, 0.2) is 5.84 Å². The molecule has 1 heterocycles. The third kappa shape index (κ3) is 4.44. The van der Waals surface area contributed by atoms with Crippen molar-refractivity contribution in [2.75, 3.05) is 0 Å². The van der Waals surface area contributed by atoms with E-state index in [4.69, 9.17) is 0 Å². The predicted octanol–water partition coefficient (Wildman–Crippen LogP) is 5.88. The van der Waals surface area contributed by atoms with E-state index in [0.717, 1.165) is 25.6 Å². The second kappa shape index (κ2) is 8.68. The number of hydrogen-bond donors (Lipinski definition) is 0. The van der Waals surface area contributed by atoms with Crippen LogP contribution in [0, 0.1) is 0 Å². The molecule has 0 saturated heterocycles. The lowest BCUT2D eigenvalue weighted by Crippen LogP contribution is -2.27. The fourth-order valence-electron chi connectivity index (χ4n) is 2.81. The van der Waals surface area contributed by atoms with Gasteiger partial charge in [0.05, 0.1) is 6.21 Å². The smallest absolute Gasteiger partial charge is 0.265 e. The summed E-state index contributed by atoms with van der Waals surface area (Å²) in [6.07, 6.45) is 3.43. The lowest BCUT2D eigenvalue weighted by molar-refractivity contribution is -0.122. The summed E-state index contributed by atoms with van der Waals surface area (Å²) in [6, 6.07) is 25.0. The van der Waals surface area contributed by atoms with Crippen LogP contribution < -0.4 is 0 Å². The second-order valence-electron chi connectivity index (χ2n) is 6.27. The van der Waals surface area contributed by atoms with E-state index in [2.05, 4.69) is 42.0 Å². The Bertz CT molecular complexity index is 1140. The number of hydrazone groups is 1. The number of carbonyl (C=O) groups is 1. The molecule has 29 heavy (non-hydrogen) atoms. The minimum Gasteiger partial charge on any atom is -0.265 e. The maximum Gasteiger partial charge on any atom is 0.298 e. The Balaban J connectivity index is 1.73. The van der Waals surface area contributed by atoms with Crippen molar-refractivity contribution in [3.63, 3.8) is 0 Å². The molecule has 0 aromatic heterocycles. The summed E-state index contributed by atoms with van der Waals surface area (Å²) in [4.78, 5) is 17.7. The number of amides is 1. The molecule has 0 unspecified atom stereocenters. The van der Waals surface area contributed by atoms with Crippen molar-refractivity contribution in [1.29, 1.82) is 0 Å². The molecule has 3 aromatic carbocycles. The van der Waals surface area contributed by atoms with Crippen LogP contribution in [-0.4, -0.2) is 23.0 Å². The van der Waals surface area contributed by atoms with E-state index < -0.39 is 0 Å². The van der Waals surface area contributed by atoms with E-state index in [-0.39, 0.29) is 5.91 Å². The Morgan fingerprint density at radius 2 is 1.55 bits per heavy atom. The molecule has 0 radical (unpaired) electrons. The van der Waals surface area contributed by atoms with Gasteiger partial charge in [-0.25, -0.2) is 4.99 Å². The number of rotatable bonds is 4. The first-order valence-electron chi connectivity index (χ1n) is 8.86. The summed E-state index contributed by atoms with van der Waals surface area (Å²) in [5.74, 6) is 0.234. The fraction of sp³-hybridized carbons (Fsp3) is 0. The van der Waals surface area contributed by atoms with Gasteiger partial charge < -0.3 is 0 Å². The Morgan fingerprint density at radius 3 is 2.28 bits per heavy atom. The molecule has 4 rings (SSSR count). The normalized spacial score (nSPS) is 15.4. The van der Waals surface area contributed by atoms with Crippen LogP contribution in [0.4, 0.5) is 0 Å². The van der Waals surface area contributed by atoms with Crippen molar-refractivity contribution in [2.45, 2.75) is 0 Å². The number of carbonyl (C=O) groups excluding carboxylic acids is 1. The summed E-state index contributed by atoms with van der Waals surface area (Å²) in [5, 5.41) is 5.80. The van der Waals surface area contributed by atoms with Crippen molar-refractivity contribution >= 4 is 55.9 Å².